The van der Waals surface area contributed by atoms with Gasteiger partial charge in [0, 0.05) is 25.3 Å². The number of benzene rings is 1. The largest absolute Gasteiger partial charge is 0.480 e. The van der Waals surface area contributed by atoms with Crippen LogP contribution in [0.3, 0.4) is 0 Å². The second-order valence-corrected chi connectivity index (χ2v) is 8.21. The van der Waals surface area contributed by atoms with Gasteiger partial charge in [-0.25, -0.2) is 19.3 Å². The van der Waals surface area contributed by atoms with Crippen molar-refractivity contribution in [1.82, 2.24) is 24.6 Å². The summed E-state index contributed by atoms with van der Waals surface area (Å²) < 4.78 is 11.7. The number of anilines is 2. The van der Waals surface area contributed by atoms with Crippen molar-refractivity contribution in [3.8, 4) is 17.1 Å². The van der Waals surface area contributed by atoms with Gasteiger partial charge in [-0.2, -0.15) is 10.2 Å². The Balaban J connectivity index is 1.38. The van der Waals surface area contributed by atoms with E-state index in [2.05, 4.69) is 25.7 Å². The molecule has 37 heavy (non-hydrogen) atoms. The van der Waals surface area contributed by atoms with Gasteiger partial charge in [-0.3, -0.25) is 9.63 Å². The Morgan fingerprint density at radius 3 is 2.76 bits per heavy atom. The molecule has 3 aromatic heterocycles. The van der Waals surface area contributed by atoms with Crippen LogP contribution in [0.2, 0.25) is 0 Å². The van der Waals surface area contributed by atoms with Gasteiger partial charge in [-0.05, 0) is 23.8 Å². The van der Waals surface area contributed by atoms with E-state index >= 15 is 0 Å². The minimum Gasteiger partial charge on any atom is -0.480 e. The molecule has 0 aliphatic carbocycles. The molecule has 5 rings (SSSR count). The number of aromatic nitrogens is 4. The number of pyridine rings is 1. The zero-order chi connectivity index (χ0) is 25.8. The lowest BCUT2D eigenvalue weighted by Crippen LogP contribution is -2.33. The number of hydrogen-bond donors (Lipinski definition) is 2. The molecule has 0 saturated carbocycles. The second-order valence-electron chi connectivity index (χ2n) is 8.21. The molecule has 4 aromatic rings. The van der Waals surface area contributed by atoms with Crippen LogP contribution >= 0.6 is 0 Å². The zero-order valence-electron chi connectivity index (χ0n) is 20.2. The van der Waals surface area contributed by atoms with Crippen LogP contribution in [-0.2, 0) is 14.4 Å². The number of ether oxygens (including phenoxy) is 2. The molecule has 1 unspecified atom stereocenters. The number of hydroxylamine groups is 2. The highest BCUT2D eigenvalue weighted by Gasteiger charge is 2.32. The van der Waals surface area contributed by atoms with Crippen LogP contribution in [0.15, 0.2) is 60.9 Å². The Kier molecular flexibility index (Phi) is 6.92. The fraction of sp³-hybridized carbons (Fsp3) is 0.240. The van der Waals surface area contributed by atoms with Crippen molar-refractivity contribution in [3.63, 3.8) is 0 Å². The van der Waals surface area contributed by atoms with Crippen LogP contribution in [0.1, 0.15) is 18.0 Å². The molecule has 3 amide bonds. The van der Waals surface area contributed by atoms with Crippen molar-refractivity contribution >= 4 is 29.1 Å². The molecule has 12 heteroatoms. The SMILES string of the molecule is COCC(=O)Nc1cn2nc(-c3cnc(OC)c(NC(=O)N4OCCC4c4ccccc4)c3)ccc2n1. The highest BCUT2D eigenvalue weighted by molar-refractivity contribution is 5.92. The van der Waals surface area contributed by atoms with E-state index in [4.69, 9.17) is 14.3 Å². The lowest BCUT2D eigenvalue weighted by atomic mass is 10.1. The van der Waals surface area contributed by atoms with Gasteiger partial charge < -0.3 is 20.1 Å². The van der Waals surface area contributed by atoms with Gasteiger partial charge in [0.05, 0.1) is 31.6 Å². The molecule has 2 N–H and O–H groups in total. The smallest absolute Gasteiger partial charge is 0.346 e. The summed E-state index contributed by atoms with van der Waals surface area (Å²) in [5.74, 6) is 0.285. The Morgan fingerprint density at radius 2 is 1.97 bits per heavy atom. The van der Waals surface area contributed by atoms with Crippen LogP contribution in [0.5, 0.6) is 5.88 Å². The predicted molar refractivity (Wildman–Crippen MR) is 134 cm³/mol. The maximum atomic E-state index is 13.2. The minimum absolute atomic E-state index is 0.0763. The molecular weight excluding hydrogens is 478 g/mol. The normalized spacial score (nSPS) is 15.1. The molecule has 1 aliphatic heterocycles. The molecular formula is C25H25N7O5. The monoisotopic (exact) mass is 503 g/mol. The van der Waals surface area contributed by atoms with Gasteiger partial charge in [0.1, 0.15) is 12.3 Å². The van der Waals surface area contributed by atoms with Crippen molar-refractivity contribution in [3.05, 3.63) is 66.5 Å². The van der Waals surface area contributed by atoms with Crippen molar-refractivity contribution in [2.24, 2.45) is 0 Å². The fourth-order valence-electron chi connectivity index (χ4n) is 4.07. The third-order valence-electron chi connectivity index (χ3n) is 5.73. The standard InChI is InChI=1S/C25H25N7O5/c1-35-15-23(33)29-21-14-31-22(28-21)9-8-18(30-31)17-12-19(24(36-2)26-13-17)27-25(34)32-20(10-11-37-32)16-6-4-3-5-7-16/h3-9,12-14,20H,10-11,15H2,1-2H3,(H,27,34)(H,29,33). The molecule has 12 nitrogen and oxygen atoms in total. The van der Waals surface area contributed by atoms with E-state index in [1.807, 2.05) is 30.3 Å². The Morgan fingerprint density at radius 1 is 1.14 bits per heavy atom. The van der Waals surface area contributed by atoms with Crippen LogP contribution in [0.4, 0.5) is 16.3 Å². The van der Waals surface area contributed by atoms with E-state index in [1.165, 1.54) is 19.3 Å². The maximum absolute atomic E-state index is 13.2. The van der Waals surface area contributed by atoms with E-state index in [9.17, 15) is 9.59 Å². The zero-order valence-corrected chi connectivity index (χ0v) is 20.2. The molecule has 1 atom stereocenters. The molecule has 0 bridgehead atoms. The first kappa shape index (κ1) is 24.2. The number of methoxy groups -OCH3 is 2. The molecule has 1 aromatic carbocycles. The van der Waals surface area contributed by atoms with Crippen LogP contribution < -0.4 is 15.4 Å². The topological polar surface area (TPSA) is 132 Å². The van der Waals surface area contributed by atoms with E-state index in [-0.39, 0.29) is 24.4 Å². The number of carbonyl (C=O) groups is 2. The molecule has 1 saturated heterocycles. The molecule has 1 fully saturated rings. The van der Waals surface area contributed by atoms with Gasteiger partial charge in [0.25, 0.3) is 5.91 Å². The summed E-state index contributed by atoms with van der Waals surface area (Å²) in [7, 11) is 2.92. The van der Waals surface area contributed by atoms with Crippen LogP contribution in [-0.4, -0.2) is 64.0 Å². The van der Waals surface area contributed by atoms with E-state index in [0.717, 1.165) is 5.56 Å². The number of amides is 3. The highest BCUT2D eigenvalue weighted by atomic mass is 16.7. The number of fused-ring (bicyclic) bond motifs is 1. The van der Waals surface area contributed by atoms with Gasteiger partial charge >= 0.3 is 6.03 Å². The summed E-state index contributed by atoms with van der Waals surface area (Å²) in [6.45, 7) is 0.359. The summed E-state index contributed by atoms with van der Waals surface area (Å²) in [6.07, 6.45) is 3.88. The Labute approximate surface area is 212 Å². The highest BCUT2D eigenvalue weighted by Crippen LogP contribution is 2.32. The van der Waals surface area contributed by atoms with Crippen LogP contribution in [0, 0.1) is 0 Å². The number of nitrogens with zero attached hydrogens (tertiary/aromatic N) is 5. The lowest BCUT2D eigenvalue weighted by molar-refractivity contribution is -0.119. The van der Waals surface area contributed by atoms with E-state index in [1.54, 1.807) is 35.1 Å². The predicted octanol–water partition coefficient (Wildman–Crippen LogP) is 3.30. The summed E-state index contributed by atoms with van der Waals surface area (Å²) >= 11 is 0. The molecule has 0 radical (unpaired) electrons. The number of hydrogen-bond acceptors (Lipinski definition) is 8. The summed E-state index contributed by atoms with van der Waals surface area (Å²) in [5.41, 5.74) is 3.12. The summed E-state index contributed by atoms with van der Waals surface area (Å²) in [5, 5.41) is 11.4. The molecule has 0 spiro atoms. The van der Waals surface area contributed by atoms with Crippen molar-refractivity contribution in [2.45, 2.75) is 12.5 Å². The van der Waals surface area contributed by atoms with Crippen LogP contribution in [0.25, 0.3) is 16.9 Å². The van der Waals surface area contributed by atoms with Gasteiger partial charge in [-0.1, -0.05) is 30.3 Å². The maximum Gasteiger partial charge on any atom is 0.346 e. The number of carbonyl (C=O) groups excluding carboxylic acids is 2. The number of urea groups is 1. The van der Waals surface area contributed by atoms with Gasteiger partial charge in [0.2, 0.25) is 5.88 Å². The second kappa shape index (κ2) is 10.6. The summed E-state index contributed by atoms with van der Waals surface area (Å²) in [4.78, 5) is 39.3. The average Bonchev–Trinajstić information content (AvgIpc) is 3.56. The quantitative estimate of drug-likeness (QED) is 0.393. The lowest BCUT2D eigenvalue weighted by Gasteiger charge is -2.23. The first-order chi connectivity index (χ1) is 18.1. The van der Waals surface area contributed by atoms with Crippen molar-refractivity contribution < 1.29 is 23.9 Å². The van der Waals surface area contributed by atoms with E-state index < -0.39 is 6.03 Å². The first-order valence-corrected chi connectivity index (χ1v) is 11.5. The Hall–Kier alpha value is -4.55. The minimum atomic E-state index is -0.432. The van der Waals surface area contributed by atoms with Gasteiger partial charge in [0.15, 0.2) is 11.5 Å². The third kappa shape index (κ3) is 5.20. The van der Waals surface area contributed by atoms with Crippen molar-refractivity contribution in [2.75, 3.05) is 38.1 Å². The molecule has 190 valence electrons. The third-order valence-corrected chi connectivity index (χ3v) is 5.73. The summed E-state index contributed by atoms with van der Waals surface area (Å²) in [6, 6.07) is 14.4. The number of imidazole rings is 1. The van der Waals surface area contributed by atoms with Crippen molar-refractivity contribution in [1.29, 1.82) is 0 Å². The molecule has 1 aliphatic rings. The Bertz CT molecular complexity index is 1430. The molecule has 4 heterocycles. The van der Waals surface area contributed by atoms with Gasteiger partial charge in [-0.15, -0.1) is 0 Å². The number of rotatable bonds is 7. The fourth-order valence-corrected chi connectivity index (χ4v) is 4.07. The van der Waals surface area contributed by atoms with E-state index in [0.29, 0.717) is 41.4 Å². The average molecular weight is 504 g/mol. The number of nitrogens with one attached hydrogen (secondary N) is 2. The first-order valence-electron chi connectivity index (χ1n) is 11.5.